The summed E-state index contributed by atoms with van der Waals surface area (Å²) in [5.41, 5.74) is 1.38. The van der Waals surface area contributed by atoms with Gasteiger partial charge in [-0.2, -0.15) is 0 Å². The fourth-order valence-electron chi connectivity index (χ4n) is 2.67. The third-order valence-electron chi connectivity index (χ3n) is 3.83. The summed E-state index contributed by atoms with van der Waals surface area (Å²) in [6.07, 6.45) is 1.56. The van der Waals surface area contributed by atoms with Gasteiger partial charge in [-0.3, -0.25) is 14.4 Å². The number of benzene rings is 2. The highest BCUT2D eigenvalue weighted by Crippen LogP contribution is 2.18. The standard InChI is InChI=1S/C19H15ClN2O3/c1-12(23)14-4-2-3-5-16(14)21-19(25)11-22-9-8-18(24)15-10-13(20)6-7-17(15)22/h2-10H,11H2,1H3,(H,21,25). The van der Waals surface area contributed by atoms with Crippen LogP contribution in [0.2, 0.25) is 5.02 Å². The molecule has 2 aromatic carbocycles. The fourth-order valence-corrected chi connectivity index (χ4v) is 2.84. The van der Waals surface area contributed by atoms with E-state index in [2.05, 4.69) is 5.32 Å². The van der Waals surface area contributed by atoms with Crippen LogP contribution in [0.4, 0.5) is 5.69 Å². The molecule has 0 aliphatic rings. The number of carbonyl (C=O) groups is 2. The predicted octanol–water partition coefficient (Wildman–Crippen LogP) is 3.50. The number of carbonyl (C=O) groups excluding carboxylic acids is 2. The van der Waals surface area contributed by atoms with Gasteiger partial charge in [0.1, 0.15) is 6.54 Å². The Morgan fingerprint density at radius 1 is 1.12 bits per heavy atom. The molecule has 1 aromatic heterocycles. The smallest absolute Gasteiger partial charge is 0.244 e. The van der Waals surface area contributed by atoms with Crippen molar-refractivity contribution < 1.29 is 9.59 Å². The topological polar surface area (TPSA) is 68.2 Å². The summed E-state index contributed by atoms with van der Waals surface area (Å²) in [7, 11) is 0. The molecule has 0 spiro atoms. The average molecular weight is 355 g/mol. The van der Waals surface area contributed by atoms with Crippen molar-refractivity contribution in [2.75, 3.05) is 5.32 Å². The molecule has 0 atom stereocenters. The van der Waals surface area contributed by atoms with Gasteiger partial charge in [-0.05, 0) is 37.3 Å². The normalized spacial score (nSPS) is 10.6. The van der Waals surface area contributed by atoms with Crippen molar-refractivity contribution in [3.8, 4) is 0 Å². The Kier molecular flexibility index (Phi) is 4.67. The highest BCUT2D eigenvalue weighted by atomic mass is 35.5. The van der Waals surface area contributed by atoms with Gasteiger partial charge in [-0.1, -0.05) is 23.7 Å². The molecule has 126 valence electrons. The van der Waals surface area contributed by atoms with E-state index in [-0.39, 0.29) is 23.7 Å². The summed E-state index contributed by atoms with van der Waals surface area (Å²) in [4.78, 5) is 36.0. The lowest BCUT2D eigenvalue weighted by atomic mass is 10.1. The minimum Gasteiger partial charge on any atom is -0.338 e. The molecule has 0 saturated heterocycles. The van der Waals surface area contributed by atoms with Crippen molar-refractivity contribution in [1.82, 2.24) is 4.57 Å². The van der Waals surface area contributed by atoms with Crippen LogP contribution in [-0.4, -0.2) is 16.3 Å². The molecule has 0 radical (unpaired) electrons. The third-order valence-corrected chi connectivity index (χ3v) is 4.07. The first-order valence-electron chi connectivity index (χ1n) is 7.64. The van der Waals surface area contributed by atoms with E-state index >= 15 is 0 Å². The summed E-state index contributed by atoms with van der Waals surface area (Å²) >= 11 is 5.94. The summed E-state index contributed by atoms with van der Waals surface area (Å²) < 4.78 is 1.67. The van der Waals surface area contributed by atoms with Crippen molar-refractivity contribution in [2.45, 2.75) is 13.5 Å². The quantitative estimate of drug-likeness (QED) is 0.729. The Bertz CT molecular complexity index is 1040. The molecule has 0 unspecified atom stereocenters. The molecule has 3 aromatic rings. The number of nitrogens with one attached hydrogen (secondary N) is 1. The number of Topliss-reactive ketones (excluding diaryl/α,β-unsaturated/α-hetero) is 1. The molecule has 0 bridgehead atoms. The summed E-state index contributed by atoms with van der Waals surface area (Å²) in [6.45, 7) is 1.45. The zero-order chi connectivity index (χ0) is 18.0. The van der Waals surface area contributed by atoms with E-state index in [1.807, 2.05) is 0 Å². The number of amides is 1. The summed E-state index contributed by atoms with van der Waals surface area (Å²) in [5.74, 6) is -0.423. The van der Waals surface area contributed by atoms with Gasteiger partial charge in [0, 0.05) is 28.2 Å². The van der Waals surface area contributed by atoms with Crippen LogP contribution in [0.15, 0.2) is 59.5 Å². The van der Waals surface area contributed by atoms with Crippen LogP contribution in [0.25, 0.3) is 10.9 Å². The van der Waals surface area contributed by atoms with Crippen molar-refractivity contribution in [1.29, 1.82) is 0 Å². The Hall–Kier alpha value is -2.92. The summed E-state index contributed by atoms with van der Waals surface area (Å²) in [6, 6.07) is 13.2. The Morgan fingerprint density at radius 3 is 2.64 bits per heavy atom. The second-order valence-corrected chi connectivity index (χ2v) is 6.06. The number of para-hydroxylation sites is 1. The number of aromatic nitrogens is 1. The van der Waals surface area contributed by atoms with E-state index in [1.165, 1.54) is 13.0 Å². The number of ketones is 1. The molecule has 6 heteroatoms. The fraction of sp³-hybridized carbons (Fsp3) is 0.105. The maximum atomic E-state index is 12.4. The molecule has 0 aliphatic carbocycles. The van der Waals surface area contributed by atoms with Gasteiger partial charge in [0.05, 0.1) is 11.2 Å². The lowest BCUT2D eigenvalue weighted by molar-refractivity contribution is -0.116. The van der Waals surface area contributed by atoms with Gasteiger partial charge in [0.15, 0.2) is 11.2 Å². The third kappa shape index (κ3) is 3.61. The van der Waals surface area contributed by atoms with Crippen LogP contribution in [-0.2, 0) is 11.3 Å². The molecule has 1 heterocycles. The monoisotopic (exact) mass is 354 g/mol. The van der Waals surface area contributed by atoms with Crippen LogP contribution in [0.3, 0.4) is 0 Å². The van der Waals surface area contributed by atoms with Gasteiger partial charge >= 0.3 is 0 Å². The molecule has 0 fully saturated rings. The molecular weight excluding hydrogens is 340 g/mol. The molecule has 25 heavy (non-hydrogen) atoms. The number of rotatable bonds is 4. The second-order valence-electron chi connectivity index (χ2n) is 5.62. The van der Waals surface area contributed by atoms with E-state index in [0.29, 0.717) is 27.2 Å². The molecule has 3 rings (SSSR count). The molecule has 5 nitrogen and oxygen atoms in total. The minimum atomic E-state index is -0.298. The zero-order valence-corrected chi connectivity index (χ0v) is 14.2. The molecular formula is C19H15ClN2O3. The first kappa shape index (κ1) is 16.9. The Labute approximate surface area is 148 Å². The van der Waals surface area contributed by atoms with Gasteiger partial charge in [0.25, 0.3) is 0 Å². The van der Waals surface area contributed by atoms with Crippen LogP contribution in [0.5, 0.6) is 0 Å². The average Bonchev–Trinajstić information content (AvgIpc) is 2.58. The highest BCUT2D eigenvalue weighted by molar-refractivity contribution is 6.31. The minimum absolute atomic E-state index is 0.00461. The SMILES string of the molecule is CC(=O)c1ccccc1NC(=O)Cn1ccc(=O)c2cc(Cl)ccc21. The number of nitrogens with zero attached hydrogens (tertiary/aromatic N) is 1. The molecule has 0 saturated carbocycles. The van der Waals surface area contributed by atoms with Gasteiger partial charge < -0.3 is 9.88 Å². The van der Waals surface area contributed by atoms with Gasteiger partial charge in [-0.25, -0.2) is 0 Å². The highest BCUT2D eigenvalue weighted by Gasteiger charge is 2.11. The molecule has 1 amide bonds. The predicted molar refractivity (Wildman–Crippen MR) is 98.3 cm³/mol. The van der Waals surface area contributed by atoms with Crippen molar-refractivity contribution in [3.63, 3.8) is 0 Å². The number of hydrogen-bond donors (Lipinski definition) is 1. The Balaban J connectivity index is 1.90. The molecule has 1 N–H and O–H groups in total. The van der Waals surface area contributed by atoms with E-state index in [9.17, 15) is 14.4 Å². The van der Waals surface area contributed by atoms with Gasteiger partial charge in [0.2, 0.25) is 5.91 Å². The van der Waals surface area contributed by atoms with E-state index in [4.69, 9.17) is 11.6 Å². The number of halogens is 1. The van der Waals surface area contributed by atoms with Crippen molar-refractivity contribution in [2.24, 2.45) is 0 Å². The van der Waals surface area contributed by atoms with Crippen LogP contribution < -0.4 is 10.7 Å². The van der Waals surface area contributed by atoms with Crippen LogP contribution in [0.1, 0.15) is 17.3 Å². The Morgan fingerprint density at radius 2 is 1.88 bits per heavy atom. The second kappa shape index (κ2) is 6.91. The number of fused-ring (bicyclic) bond motifs is 1. The lowest BCUT2D eigenvalue weighted by Crippen LogP contribution is -2.21. The maximum Gasteiger partial charge on any atom is 0.244 e. The van der Waals surface area contributed by atoms with E-state index < -0.39 is 0 Å². The van der Waals surface area contributed by atoms with Crippen molar-refractivity contribution in [3.05, 3.63) is 75.5 Å². The number of anilines is 1. The van der Waals surface area contributed by atoms with Crippen LogP contribution >= 0.6 is 11.6 Å². The largest absolute Gasteiger partial charge is 0.338 e. The van der Waals surface area contributed by atoms with Crippen molar-refractivity contribution >= 4 is 39.9 Å². The van der Waals surface area contributed by atoms with E-state index in [1.54, 1.807) is 53.2 Å². The first-order valence-corrected chi connectivity index (χ1v) is 8.02. The first-order chi connectivity index (χ1) is 12.0. The number of hydrogen-bond acceptors (Lipinski definition) is 3. The van der Waals surface area contributed by atoms with E-state index in [0.717, 1.165) is 0 Å². The van der Waals surface area contributed by atoms with Crippen LogP contribution in [0, 0.1) is 0 Å². The number of pyridine rings is 1. The van der Waals surface area contributed by atoms with Gasteiger partial charge in [-0.15, -0.1) is 0 Å². The molecule has 0 aliphatic heterocycles. The lowest BCUT2D eigenvalue weighted by Gasteiger charge is -2.12. The summed E-state index contributed by atoms with van der Waals surface area (Å²) in [5, 5.41) is 3.66. The maximum absolute atomic E-state index is 12.4. The zero-order valence-electron chi connectivity index (χ0n) is 13.5.